The van der Waals surface area contributed by atoms with Crippen molar-refractivity contribution < 1.29 is 13.9 Å². The van der Waals surface area contributed by atoms with Crippen molar-refractivity contribution in [2.75, 3.05) is 50.2 Å². The summed E-state index contributed by atoms with van der Waals surface area (Å²) in [5.74, 6) is 2.07. The molecule has 0 aliphatic carbocycles. The summed E-state index contributed by atoms with van der Waals surface area (Å²) in [6.07, 6.45) is 0.0787. The molecule has 0 bridgehead atoms. The number of halogens is 1. The van der Waals surface area contributed by atoms with Gasteiger partial charge in [0.2, 0.25) is 0 Å². The molecule has 164 valence electrons. The van der Waals surface area contributed by atoms with Gasteiger partial charge in [-0.15, -0.1) is 11.8 Å². The average molecular weight is 451 g/mol. The summed E-state index contributed by atoms with van der Waals surface area (Å²) in [7, 11) is 0. The maximum absolute atomic E-state index is 13.6. The molecule has 1 atom stereocenters. The summed E-state index contributed by atoms with van der Waals surface area (Å²) in [6.45, 7) is 3.36. The average Bonchev–Trinajstić information content (AvgIpc) is 3.30. The molecule has 0 saturated carbocycles. The first-order valence-corrected chi connectivity index (χ1v) is 11.8. The van der Waals surface area contributed by atoms with Crippen LogP contribution in [0.25, 0.3) is 11.1 Å². The Hall–Kier alpha value is -2.65. The largest absolute Gasteiger partial charge is 0.381 e. The van der Waals surface area contributed by atoms with Crippen LogP contribution in [0, 0.1) is 28.6 Å². The molecule has 8 heteroatoms. The fraction of sp³-hybridized carbons (Fsp3) is 0.458. The highest BCUT2D eigenvalue weighted by atomic mass is 32.2. The Labute approximate surface area is 190 Å². The van der Waals surface area contributed by atoms with Crippen molar-refractivity contribution in [3.8, 4) is 23.3 Å². The highest BCUT2D eigenvalue weighted by Crippen LogP contribution is 2.40. The zero-order valence-electron chi connectivity index (χ0n) is 17.6. The van der Waals surface area contributed by atoms with E-state index in [4.69, 9.17) is 9.47 Å². The third-order valence-corrected chi connectivity index (χ3v) is 7.48. The second-order valence-electron chi connectivity index (χ2n) is 8.49. The molecule has 2 aromatic rings. The molecular formula is C24H23FN4O2S. The number of thioether (sulfide) groups is 1. The van der Waals surface area contributed by atoms with E-state index in [1.165, 1.54) is 17.3 Å². The molecule has 0 amide bonds. The molecule has 3 fully saturated rings. The zero-order chi connectivity index (χ0) is 22.1. The fourth-order valence-electron chi connectivity index (χ4n) is 4.28. The second kappa shape index (κ2) is 9.07. The Morgan fingerprint density at radius 2 is 1.81 bits per heavy atom. The first kappa shape index (κ1) is 21.2. The van der Waals surface area contributed by atoms with Crippen molar-refractivity contribution in [1.29, 1.82) is 10.5 Å². The van der Waals surface area contributed by atoms with E-state index in [2.05, 4.69) is 29.3 Å². The van der Waals surface area contributed by atoms with Crippen molar-refractivity contribution in [2.45, 2.75) is 23.5 Å². The van der Waals surface area contributed by atoms with Crippen LogP contribution in [0.4, 0.5) is 10.2 Å². The molecule has 0 radical (unpaired) electrons. The predicted octanol–water partition coefficient (Wildman–Crippen LogP) is 3.89. The molecule has 5 rings (SSSR count). The molecule has 0 spiro atoms. The number of anilines is 1. The Morgan fingerprint density at radius 1 is 1.06 bits per heavy atom. The van der Waals surface area contributed by atoms with Gasteiger partial charge in [-0.05, 0) is 17.5 Å². The fourth-order valence-corrected chi connectivity index (χ4v) is 5.31. The second-order valence-corrected chi connectivity index (χ2v) is 9.50. The lowest BCUT2D eigenvalue weighted by atomic mass is 9.92. The summed E-state index contributed by atoms with van der Waals surface area (Å²) in [5, 5.41) is 20.7. The summed E-state index contributed by atoms with van der Waals surface area (Å²) in [6, 6.07) is 12.6. The maximum Gasteiger partial charge on any atom is 0.148 e. The van der Waals surface area contributed by atoms with Crippen LogP contribution in [0.15, 0.2) is 29.3 Å². The topological polar surface area (TPSA) is 82.2 Å². The number of nitrogens with zero attached hydrogens (tertiary/aromatic N) is 4. The van der Waals surface area contributed by atoms with E-state index >= 15 is 0 Å². The van der Waals surface area contributed by atoms with Gasteiger partial charge in [-0.3, -0.25) is 0 Å². The SMILES string of the molecule is N#Cc1c(SCC2COC2)nc(N2CC(F)C2)c(C#N)c1-c1ccc([C@H]2CCOC2)cc1. The van der Waals surface area contributed by atoms with Gasteiger partial charge in [-0.2, -0.15) is 10.5 Å². The van der Waals surface area contributed by atoms with Crippen LogP contribution < -0.4 is 4.90 Å². The quantitative estimate of drug-likeness (QED) is 0.618. The highest BCUT2D eigenvalue weighted by molar-refractivity contribution is 7.99. The van der Waals surface area contributed by atoms with Gasteiger partial charge in [0.05, 0.1) is 38.5 Å². The van der Waals surface area contributed by atoms with Gasteiger partial charge in [0.15, 0.2) is 0 Å². The van der Waals surface area contributed by atoms with Gasteiger partial charge in [-0.1, -0.05) is 24.3 Å². The number of alkyl halides is 1. The summed E-state index contributed by atoms with van der Waals surface area (Å²) in [5.41, 5.74) is 3.33. The molecule has 1 aromatic heterocycles. The van der Waals surface area contributed by atoms with Crippen LogP contribution >= 0.6 is 11.8 Å². The minimum Gasteiger partial charge on any atom is -0.381 e. The molecular weight excluding hydrogens is 427 g/mol. The van der Waals surface area contributed by atoms with Crippen LogP contribution in [0.3, 0.4) is 0 Å². The predicted molar refractivity (Wildman–Crippen MR) is 119 cm³/mol. The Bertz CT molecular complexity index is 1080. The van der Waals surface area contributed by atoms with Crippen molar-refractivity contribution in [1.82, 2.24) is 4.98 Å². The number of benzene rings is 1. The Kier molecular flexibility index (Phi) is 6.01. The van der Waals surface area contributed by atoms with E-state index in [1.807, 2.05) is 12.1 Å². The number of hydrogen-bond acceptors (Lipinski definition) is 7. The number of aromatic nitrogens is 1. The van der Waals surface area contributed by atoms with Gasteiger partial charge in [0.25, 0.3) is 0 Å². The standard InChI is InChI=1S/C24H23FN4O2S/c25-19-9-29(10-19)23-20(7-26)22(17-3-1-16(2-4-17)18-5-6-30-13-18)21(8-27)24(28-23)32-14-15-11-31-12-15/h1-4,15,18-19H,5-6,9-14H2/t18-/m0/s1. The van der Waals surface area contributed by atoms with Crippen molar-refractivity contribution in [3.63, 3.8) is 0 Å². The third kappa shape index (κ3) is 3.95. The lowest BCUT2D eigenvalue weighted by Crippen LogP contribution is -2.49. The molecule has 0 unspecified atom stereocenters. The van der Waals surface area contributed by atoms with Gasteiger partial charge in [-0.25, -0.2) is 9.37 Å². The first-order chi connectivity index (χ1) is 15.7. The lowest BCUT2D eigenvalue weighted by Gasteiger charge is -2.36. The van der Waals surface area contributed by atoms with E-state index in [-0.39, 0.29) is 13.1 Å². The molecule has 3 saturated heterocycles. The van der Waals surface area contributed by atoms with Crippen molar-refractivity contribution >= 4 is 17.6 Å². The van der Waals surface area contributed by atoms with E-state index < -0.39 is 6.17 Å². The highest BCUT2D eigenvalue weighted by Gasteiger charge is 2.33. The smallest absolute Gasteiger partial charge is 0.148 e. The summed E-state index contributed by atoms with van der Waals surface area (Å²) >= 11 is 1.51. The summed E-state index contributed by atoms with van der Waals surface area (Å²) in [4.78, 5) is 6.47. The van der Waals surface area contributed by atoms with Crippen LogP contribution in [-0.4, -0.2) is 56.4 Å². The number of hydrogen-bond donors (Lipinski definition) is 0. The van der Waals surface area contributed by atoms with Crippen LogP contribution in [0.2, 0.25) is 0 Å². The van der Waals surface area contributed by atoms with Gasteiger partial charge < -0.3 is 14.4 Å². The molecule has 3 aliphatic rings. The number of pyridine rings is 1. The first-order valence-electron chi connectivity index (χ1n) is 10.8. The lowest BCUT2D eigenvalue weighted by molar-refractivity contribution is -0.0196. The van der Waals surface area contributed by atoms with Crippen molar-refractivity contribution in [2.24, 2.45) is 5.92 Å². The Balaban J connectivity index is 1.57. The molecule has 0 N–H and O–H groups in total. The zero-order valence-corrected chi connectivity index (χ0v) is 18.4. The minimum atomic E-state index is -0.918. The van der Waals surface area contributed by atoms with E-state index in [0.717, 1.165) is 31.0 Å². The normalized spacial score (nSPS) is 21.0. The van der Waals surface area contributed by atoms with Crippen LogP contribution in [-0.2, 0) is 9.47 Å². The number of ether oxygens (including phenoxy) is 2. The summed E-state index contributed by atoms with van der Waals surface area (Å²) < 4.78 is 24.4. The molecule has 3 aliphatic heterocycles. The molecule has 32 heavy (non-hydrogen) atoms. The van der Waals surface area contributed by atoms with Crippen LogP contribution in [0.1, 0.15) is 29.0 Å². The van der Waals surface area contributed by atoms with E-state index in [9.17, 15) is 14.9 Å². The van der Waals surface area contributed by atoms with Crippen molar-refractivity contribution in [3.05, 3.63) is 41.0 Å². The van der Waals surface area contributed by atoms with Crippen LogP contribution in [0.5, 0.6) is 0 Å². The van der Waals surface area contributed by atoms with Gasteiger partial charge >= 0.3 is 0 Å². The number of rotatable bonds is 6. The van der Waals surface area contributed by atoms with Gasteiger partial charge in [0, 0.05) is 29.8 Å². The van der Waals surface area contributed by atoms with Gasteiger partial charge in [0.1, 0.15) is 34.7 Å². The monoisotopic (exact) mass is 450 g/mol. The maximum atomic E-state index is 13.6. The van der Waals surface area contributed by atoms with E-state index in [0.29, 0.717) is 52.6 Å². The molecule has 6 nitrogen and oxygen atoms in total. The molecule has 1 aromatic carbocycles. The number of nitriles is 2. The Morgan fingerprint density at radius 3 is 2.38 bits per heavy atom. The third-order valence-electron chi connectivity index (χ3n) is 6.27. The van der Waals surface area contributed by atoms with E-state index in [1.54, 1.807) is 4.90 Å². The molecule has 4 heterocycles. The minimum absolute atomic E-state index is 0.216.